The molecule has 3 N–H and O–H groups in total. The van der Waals surface area contributed by atoms with E-state index in [0.717, 1.165) is 6.42 Å². The van der Waals surface area contributed by atoms with E-state index in [9.17, 15) is 9.59 Å². The fourth-order valence-electron chi connectivity index (χ4n) is 0.857. The van der Waals surface area contributed by atoms with Crippen molar-refractivity contribution in [3.63, 3.8) is 0 Å². The van der Waals surface area contributed by atoms with Gasteiger partial charge in [0, 0.05) is 6.04 Å². The average molecular weight is 216 g/mol. The number of carboxylic acids is 1. The third-order valence-electron chi connectivity index (χ3n) is 2.21. The van der Waals surface area contributed by atoms with Crippen LogP contribution in [-0.2, 0) is 9.59 Å². The van der Waals surface area contributed by atoms with E-state index in [-0.39, 0.29) is 18.5 Å². The highest BCUT2D eigenvalue weighted by Gasteiger charge is 2.28. The van der Waals surface area contributed by atoms with Crippen LogP contribution in [0, 0.1) is 0 Å². The lowest BCUT2D eigenvalue weighted by Gasteiger charge is -2.21. The lowest BCUT2D eigenvalue weighted by molar-refractivity contribution is -0.145. The molecule has 0 aromatic carbocycles. The Morgan fingerprint density at radius 2 is 1.93 bits per heavy atom. The first-order valence-electron chi connectivity index (χ1n) is 5.07. The molecule has 1 atom stereocenters. The summed E-state index contributed by atoms with van der Waals surface area (Å²) in [5, 5.41) is 14.2. The summed E-state index contributed by atoms with van der Waals surface area (Å²) in [6, 6.07) is 0.253. The second-order valence-electron chi connectivity index (χ2n) is 4.17. The topological polar surface area (TPSA) is 78.4 Å². The number of hydrogen-bond acceptors (Lipinski definition) is 3. The lowest BCUT2D eigenvalue weighted by atomic mass is 10.1. The fraction of sp³-hybridized carbons (Fsp3) is 0.800. The molecule has 5 heteroatoms. The number of carbonyl (C=O) groups excluding carboxylic acids is 1. The van der Waals surface area contributed by atoms with Gasteiger partial charge in [-0.05, 0) is 27.2 Å². The molecule has 0 aliphatic heterocycles. The van der Waals surface area contributed by atoms with Crippen LogP contribution in [0.3, 0.4) is 0 Å². The van der Waals surface area contributed by atoms with Gasteiger partial charge in [-0.1, -0.05) is 6.92 Å². The summed E-state index contributed by atoms with van der Waals surface area (Å²) in [6.45, 7) is 7.03. The van der Waals surface area contributed by atoms with E-state index in [1.54, 1.807) is 0 Å². The maximum atomic E-state index is 11.3. The molecule has 88 valence electrons. The zero-order valence-electron chi connectivity index (χ0n) is 9.76. The molecule has 0 aromatic heterocycles. The molecule has 0 heterocycles. The smallest absolute Gasteiger partial charge is 0.328 e. The number of amides is 1. The molecule has 0 spiro atoms. The van der Waals surface area contributed by atoms with Crippen molar-refractivity contribution in [3.05, 3.63) is 0 Å². The summed E-state index contributed by atoms with van der Waals surface area (Å²) in [7, 11) is 0. The van der Waals surface area contributed by atoms with Crippen molar-refractivity contribution in [1.29, 1.82) is 0 Å². The highest BCUT2D eigenvalue weighted by atomic mass is 16.4. The van der Waals surface area contributed by atoms with Gasteiger partial charge in [0.05, 0.1) is 6.54 Å². The van der Waals surface area contributed by atoms with Gasteiger partial charge in [-0.15, -0.1) is 0 Å². The van der Waals surface area contributed by atoms with Crippen LogP contribution >= 0.6 is 0 Å². The van der Waals surface area contributed by atoms with Gasteiger partial charge in [0.1, 0.15) is 5.54 Å². The van der Waals surface area contributed by atoms with Crippen LogP contribution < -0.4 is 10.6 Å². The Morgan fingerprint density at radius 3 is 2.33 bits per heavy atom. The number of carboxylic acid groups (broad SMARTS) is 1. The van der Waals surface area contributed by atoms with E-state index >= 15 is 0 Å². The summed E-state index contributed by atoms with van der Waals surface area (Å²) in [5.41, 5.74) is -1.21. The predicted octanol–water partition coefficient (Wildman–Crippen LogP) is 0.354. The Morgan fingerprint density at radius 1 is 1.40 bits per heavy atom. The standard InChI is InChI=1S/C10H20N2O3/c1-5-7(2)11-6-8(13)12-10(3,4)9(14)15/h7,11H,5-6H2,1-4H3,(H,12,13)(H,14,15). The number of nitrogens with one attached hydrogen (secondary N) is 2. The van der Waals surface area contributed by atoms with Crippen molar-refractivity contribution in [3.8, 4) is 0 Å². The van der Waals surface area contributed by atoms with Crippen LogP contribution in [-0.4, -0.2) is 35.1 Å². The summed E-state index contributed by atoms with van der Waals surface area (Å²) in [5.74, 6) is -1.35. The average Bonchev–Trinajstić information content (AvgIpc) is 2.13. The predicted molar refractivity (Wildman–Crippen MR) is 57.6 cm³/mol. The number of rotatable bonds is 6. The second-order valence-corrected chi connectivity index (χ2v) is 4.17. The molecule has 0 aliphatic rings. The van der Waals surface area contributed by atoms with E-state index in [1.165, 1.54) is 13.8 Å². The van der Waals surface area contributed by atoms with E-state index in [4.69, 9.17) is 5.11 Å². The van der Waals surface area contributed by atoms with Crippen LogP contribution in [0.4, 0.5) is 0 Å². The summed E-state index contributed by atoms with van der Waals surface area (Å²) in [6.07, 6.45) is 0.926. The summed E-state index contributed by atoms with van der Waals surface area (Å²) < 4.78 is 0. The number of aliphatic carboxylic acids is 1. The van der Waals surface area contributed by atoms with Crippen molar-refractivity contribution >= 4 is 11.9 Å². The van der Waals surface area contributed by atoms with Crippen LogP contribution in [0.5, 0.6) is 0 Å². The van der Waals surface area contributed by atoms with Crippen molar-refractivity contribution < 1.29 is 14.7 Å². The molecule has 1 amide bonds. The normalized spacial score (nSPS) is 13.3. The van der Waals surface area contributed by atoms with Crippen molar-refractivity contribution in [1.82, 2.24) is 10.6 Å². The van der Waals surface area contributed by atoms with Gasteiger partial charge >= 0.3 is 5.97 Å². The molecule has 0 saturated carbocycles. The Hall–Kier alpha value is -1.10. The second kappa shape index (κ2) is 5.70. The first-order chi connectivity index (χ1) is 6.79. The molecule has 0 bridgehead atoms. The minimum Gasteiger partial charge on any atom is -0.480 e. The largest absolute Gasteiger partial charge is 0.480 e. The molecule has 1 unspecified atom stereocenters. The highest BCUT2D eigenvalue weighted by molar-refractivity contribution is 5.87. The monoisotopic (exact) mass is 216 g/mol. The summed E-state index contributed by atoms with van der Waals surface area (Å²) in [4.78, 5) is 22.1. The van der Waals surface area contributed by atoms with Gasteiger partial charge in [-0.3, -0.25) is 4.79 Å². The zero-order valence-corrected chi connectivity index (χ0v) is 9.76. The first kappa shape index (κ1) is 13.9. The van der Waals surface area contributed by atoms with Crippen molar-refractivity contribution in [2.75, 3.05) is 6.54 Å². The van der Waals surface area contributed by atoms with Crippen LogP contribution in [0.25, 0.3) is 0 Å². The molecule has 5 nitrogen and oxygen atoms in total. The Labute approximate surface area is 90.2 Å². The molecular weight excluding hydrogens is 196 g/mol. The molecule has 0 fully saturated rings. The molecule has 0 aliphatic carbocycles. The molecule has 0 aromatic rings. The quantitative estimate of drug-likeness (QED) is 0.599. The Balaban J connectivity index is 3.99. The van der Waals surface area contributed by atoms with Gasteiger partial charge < -0.3 is 15.7 Å². The maximum Gasteiger partial charge on any atom is 0.328 e. The third-order valence-corrected chi connectivity index (χ3v) is 2.21. The van der Waals surface area contributed by atoms with E-state index in [1.807, 2.05) is 13.8 Å². The maximum absolute atomic E-state index is 11.3. The summed E-state index contributed by atoms with van der Waals surface area (Å²) >= 11 is 0. The molecule has 0 radical (unpaired) electrons. The molecule has 0 rings (SSSR count). The van der Waals surface area contributed by atoms with Crippen molar-refractivity contribution in [2.24, 2.45) is 0 Å². The lowest BCUT2D eigenvalue weighted by Crippen LogP contribution is -2.52. The fourth-order valence-corrected chi connectivity index (χ4v) is 0.857. The van der Waals surface area contributed by atoms with E-state index < -0.39 is 11.5 Å². The molecular formula is C10H20N2O3. The third kappa shape index (κ3) is 5.37. The van der Waals surface area contributed by atoms with E-state index in [0.29, 0.717) is 0 Å². The first-order valence-corrected chi connectivity index (χ1v) is 5.07. The van der Waals surface area contributed by atoms with E-state index in [2.05, 4.69) is 10.6 Å². The number of carbonyl (C=O) groups is 2. The van der Waals surface area contributed by atoms with Crippen LogP contribution in [0.1, 0.15) is 34.1 Å². The number of hydrogen-bond donors (Lipinski definition) is 3. The molecule has 0 saturated heterocycles. The van der Waals surface area contributed by atoms with Gasteiger partial charge in [-0.25, -0.2) is 4.79 Å². The van der Waals surface area contributed by atoms with Crippen LogP contribution in [0.15, 0.2) is 0 Å². The van der Waals surface area contributed by atoms with Gasteiger partial charge in [0.15, 0.2) is 0 Å². The van der Waals surface area contributed by atoms with Gasteiger partial charge in [-0.2, -0.15) is 0 Å². The van der Waals surface area contributed by atoms with Gasteiger partial charge in [0.25, 0.3) is 0 Å². The van der Waals surface area contributed by atoms with Gasteiger partial charge in [0.2, 0.25) is 5.91 Å². The zero-order chi connectivity index (χ0) is 12.1. The highest BCUT2D eigenvalue weighted by Crippen LogP contribution is 2.00. The Kier molecular flexibility index (Phi) is 5.28. The minimum atomic E-state index is -1.21. The van der Waals surface area contributed by atoms with Crippen molar-refractivity contribution in [2.45, 2.75) is 45.7 Å². The molecule has 15 heavy (non-hydrogen) atoms. The van der Waals surface area contributed by atoms with Crippen LogP contribution in [0.2, 0.25) is 0 Å². The Bertz CT molecular complexity index is 239. The minimum absolute atomic E-state index is 0.145. The SMILES string of the molecule is CCC(C)NCC(=O)NC(C)(C)C(=O)O.